The van der Waals surface area contributed by atoms with E-state index in [4.69, 9.17) is 10.5 Å². The van der Waals surface area contributed by atoms with E-state index in [1.165, 1.54) is 0 Å². The number of para-hydroxylation sites is 1. The van der Waals surface area contributed by atoms with Crippen molar-refractivity contribution in [2.45, 2.75) is 52.7 Å². The molecule has 0 saturated carbocycles. The van der Waals surface area contributed by atoms with Gasteiger partial charge in [-0.15, -0.1) is 0 Å². The molecule has 1 aromatic rings. The summed E-state index contributed by atoms with van der Waals surface area (Å²) in [4.78, 5) is 12.0. The third-order valence-electron chi connectivity index (χ3n) is 3.02. The number of anilines is 1. The van der Waals surface area contributed by atoms with Crippen LogP contribution in [0.4, 0.5) is 5.69 Å². The number of hydrogen-bond donors (Lipinski definition) is 2. The first-order chi connectivity index (χ1) is 8.95. The number of nitrogens with one attached hydrogen (secondary N) is 1. The van der Waals surface area contributed by atoms with E-state index in [1.54, 1.807) is 13.0 Å². The number of amides is 1. The van der Waals surface area contributed by atoms with E-state index in [-0.39, 0.29) is 11.9 Å². The zero-order chi connectivity index (χ0) is 14.4. The first kappa shape index (κ1) is 15.3. The van der Waals surface area contributed by atoms with Crippen molar-refractivity contribution < 1.29 is 9.53 Å². The van der Waals surface area contributed by atoms with Gasteiger partial charge in [-0.2, -0.15) is 0 Å². The molecule has 0 fully saturated rings. The minimum absolute atomic E-state index is 0.108. The van der Waals surface area contributed by atoms with Crippen LogP contribution < -0.4 is 15.8 Å². The molecule has 0 aliphatic rings. The summed E-state index contributed by atoms with van der Waals surface area (Å²) in [5.74, 6) is 0.483. The zero-order valence-corrected chi connectivity index (χ0v) is 12.2. The summed E-state index contributed by atoms with van der Waals surface area (Å²) in [5, 5.41) is 2.93. The van der Waals surface area contributed by atoms with E-state index in [9.17, 15) is 4.79 Å². The molecule has 0 bridgehead atoms. The largest absolute Gasteiger partial charge is 0.478 e. The summed E-state index contributed by atoms with van der Waals surface area (Å²) in [6.45, 7) is 7.74. The highest BCUT2D eigenvalue weighted by Crippen LogP contribution is 2.26. The Morgan fingerprint density at radius 3 is 2.68 bits per heavy atom. The van der Waals surface area contributed by atoms with Crippen molar-refractivity contribution in [1.82, 2.24) is 5.32 Å². The lowest BCUT2D eigenvalue weighted by Gasteiger charge is -2.20. The van der Waals surface area contributed by atoms with Crippen LogP contribution in [0.25, 0.3) is 0 Å². The standard InChI is InChI=1S/C15H24N2O2/c1-5-7-11(3)17-15(18)12(4)19-14-10(2)8-6-9-13(14)16/h6,8-9,11-12H,5,7,16H2,1-4H3,(H,17,18). The molecule has 0 aliphatic heterocycles. The Balaban J connectivity index is 2.64. The Labute approximate surface area is 115 Å². The van der Waals surface area contributed by atoms with Crippen LogP contribution in [-0.4, -0.2) is 18.1 Å². The molecule has 1 rings (SSSR count). The van der Waals surface area contributed by atoms with Crippen molar-refractivity contribution in [3.8, 4) is 5.75 Å². The maximum absolute atomic E-state index is 12.0. The number of ether oxygens (including phenoxy) is 1. The highest BCUT2D eigenvalue weighted by Gasteiger charge is 2.18. The van der Waals surface area contributed by atoms with Crippen LogP contribution in [-0.2, 0) is 4.79 Å². The van der Waals surface area contributed by atoms with Gasteiger partial charge in [-0.25, -0.2) is 0 Å². The fourth-order valence-electron chi connectivity index (χ4n) is 1.93. The Kier molecular flexibility index (Phi) is 5.67. The number of carbonyl (C=O) groups excluding carboxylic acids is 1. The van der Waals surface area contributed by atoms with Crippen molar-refractivity contribution in [1.29, 1.82) is 0 Å². The van der Waals surface area contributed by atoms with Gasteiger partial charge in [0.15, 0.2) is 6.10 Å². The van der Waals surface area contributed by atoms with Crippen molar-refractivity contribution >= 4 is 11.6 Å². The second kappa shape index (κ2) is 7.02. The molecule has 19 heavy (non-hydrogen) atoms. The predicted octanol–water partition coefficient (Wildman–Crippen LogP) is 2.65. The predicted molar refractivity (Wildman–Crippen MR) is 78.2 cm³/mol. The third kappa shape index (κ3) is 4.47. The molecule has 4 heteroatoms. The summed E-state index contributed by atoms with van der Waals surface area (Å²) < 4.78 is 5.68. The van der Waals surface area contributed by atoms with E-state index in [0.717, 1.165) is 18.4 Å². The molecule has 0 radical (unpaired) electrons. The second-order valence-corrected chi connectivity index (χ2v) is 4.95. The van der Waals surface area contributed by atoms with Gasteiger partial charge in [0.1, 0.15) is 5.75 Å². The van der Waals surface area contributed by atoms with E-state index < -0.39 is 6.10 Å². The first-order valence-electron chi connectivity index (χ1n) is 6.77. The van der Waals surface area contributed by atoms with Gasteiger partial charge >= 0.3 is 0 Å². The van der Waals surface area contributed by atoms with Gasteiger partial charge in [-0.3, -0.25) is 4.79 Å². The Bertz CT molecular complexity index is 412. The average molecular weight is 264 g/mol. The van der Waals surface area contributed by atoms with Gasteiger partial charge < -0.3 is 15.8 Å². The molecular weight excluding hydrogens is 240 g/mol. The van der Waals surface area contributed by atoms with Crippen molar-refractivity contribution in [3.63, 3.8) is 0 Å². The monoisotopic (exact) mass is 264 g/mol. The number of rotatable bonds is 6. The van der Waals surface area contributed by atoms with E-state index in [0.29, 0.717) is 11.4 Å². The average Bonchev–Trinajstić information content (AvgIpc) is 2.34. The summed E-state index contributed by atoms with van der Waals surface area (Å²) in [6.07, 6.45) is 1.45. The van der Waals surface area contributed by atoms with E-state index in [2.05, 4.69) is 12.2 Å². The highest BCUT2D eigenvalue weighted by molar-refractivity contribution is 5.81. The molecule has 0 saturated heterocycles. The van der Waals surface area contributed by atoms with Crippen LogP contribution in [0, 0.1) is 6.92 Å². The van der Waals surface area contributed by atoms with Crippen LogP contribution >= 0.6 is 0 Å². The number of hydrogen-bond acceptors (Lipinski definition) is 3. The fraction of sp³-hybridized carbons (Fsp3) is 0.533. The molecule has 4 nitrogen and oxygen atoms in total. The minimum atomic E-state index is -0.553. The normalized spacial score (nSPS) is 13.7. The van der Waals surface area contributed by atoms with Crippen LogP contribution in [0.1, 0.15) is 39.2 Å². The lowest BCUT2D eigenvalue weighted by atomic mass is 10.2. The summed E-state index contributed by atoms with van der Waals surface area (Å²) in [5.41, 5.74) is 7.35. The van der Waals surface area contributed by atoms with Gasteiger partial charge in [-0.1, -0.05) is 25.5 Å². The molecule has 2 unspecified atom stereocenters. The first-order valence-corrected chi connectivity index (χ1v) is 6.77. The Morgan fingerprint density at radius 2 is 2.11 bits per heavy atom. The maximum atomic E-state index is 12.0. The molecule has 0 spiro atoms. The molecule has 106 valence electrons. The van der Waals surface area contributed by atoms with Crippen LogP contribution in [0.3, 0.4) is 0 Å². The van der Waals surface area contributed by atoms with E-state index in [1.807, 2.05) is 26.0 Å². The number of nitrogen functional groups attached to an aromatic ring is 1. The highest BCUT2D eigenvalue weighted by atomic mass is 16.5. The van der Waals surface area contributed by atoms with Gasteiger partial charge in [0.05, 0.1) is 5.69 Å². The van der Waals surface area contributed by atoms with Gasteiger partial charge in [-0.05, 0) is 38.8 Å². The van der Waals surface area contributed by atoms with E-state index >= 15 is 0 Å². The van der Waals surface area contributed by atoms with Gasteiger partial charge in [0, 0.05) is 6.04 Å². The number of aryl methyl sites for hydroxylation is 1. The Hall–Kier alpha value is -1.71. The molecule has 0 aliphatic carbocycles. The number of nitrogens with two attached hydrogens (primary N) is 1. The van der Waals surface area contributed by atoms with Crippen LogP contribution in [0.2, 0.25) is 0 Å². The minimum Gasteiger partial charge on any atom is -0.478 e. The molecular formula is C15H24N2O2. The molecule has 3 N–H and O–H groups in total. The zero-order valence-electron chi connectivity index (χ0n) is 12.2. The summed E-state index contributed by atoms with van der Waals surface area (Å²) in [7, 11) is 0. The van der Waals surface area contributed by atoms with Crippen LogP contribution in [0.15, 0.2) is 18.2 Å². The van der Waals surface area contributed by atoms with Gasteiger partial charge in [0.25, 0.3) is 5.91 Å². The molecule has 1 aromatic carbocycles. The second-order valence-electron chi connectivity index (χ2n) is 4.95. The fourth-order valence-corrected chi connectivity index (χ4v) is 1.93. The van der Waals surface area contributed by atoms with Crippen molar-refractivity contribution in [2.75, 3.05) is 5.73 Å². The topological polar surface area (TPSA) is 64.3 Å². The molecule has 1 amide bonds. The van der Waals surface area contributed by atoms with Crippen LogP contribution in [0.5, 0.6) is 5.75 Å². The lowest BCUT2D eigenvalue weighted by molar-refractivity contribution is -0.127. The number of carbonyl (C=O) groups is 1. The summed E-state index contributed by atoms with van der Waals surface area (Å²) >= 11 is 0. The Morgan fingerprint density at radius 1 is 1.42 bits per heavy atom. The van der Waals surface area contributed by atoms with Gasteiger partial charge in [0.2, 0.25) is 0 Å². The smallest absolute Gasteiger partial charge is 0.260 e. The summed E-state index contributed by atoms with van der Waals surface area (Å²) in [6, 6.07) is 5.71. The lowest BCUT2D eigenvalue weighted by Crippen LogP contribution is -2.41. The molecule has 2 atom stereocenters. The molecule has 0 heterocycles. The maximum Gasteiger partial charge on any atom is 0.260 e. The SMILES string of the molecule is CCCC(C)NC(=O)C(C)Oc1c(C)cccc1N. The van der Waals surface area contributed by atoms with Crippen molar-refractivity contribution in [2.24, 2.45) is 0 Å². The number of benzene rings is 1. The quantitative estimate of drug-likeness (QED) is 0.776. The molecule has 0 aromatic heterocycles. The third-order valence-corrected chi connectivity index (χ3v) is 3.02. The van der Waals surface area contributed by atoms with Crippen molar-refractivity contribution in [3.05, 3.63) is 23.8 Å².